The third-order valence-electron chi connectivity index (χ3n) is 3.76. The lowest BCUT2D eigenvalue weighted by molar-refractivity contribution is 0.764. The first-order chi connectivity index (χ1) is 9.22. The van der Waals surface area contributed by atoms with Gasteiger partial charge >= 0.3 is 0 Å². The van der Waals surface area contributed by atoms with Gasteiger partial charge in [-0.05, 0) is 41.3 Å². The van der Waals surface area contributed by atoms with Crippen molar-refractivity contribution < 1.29 is 0 Å². The summed E-state index contributed by atoms with van der Waals surface area (Å²) in [6.45, 7) is 5.12. The summed E-state index contributed by atoms with van der Waals surface area (Å²) < 4.78 is 0. The van der Waals surface area contributed by atoms with Gasteiger partial charge in [-0.1, -0.05) is 30.3 Å². The van der Waals surface area contributed by atoms with Gasteiger partial charge < -0.3 is 10.2 Å². The molecule has 0 unspecified atom stereocenters. The van der Waals surface area contributed by atoms with Crippen molar-refractivity contribution in [3.8, 4) is 0 Å². The van der Waals surface area contributed by atoms with E-state index in [1.165, 1.54) is 27.9 Å². The maximum Gasteiger partial charge on any atom is 0.0426 e. The molecule has 1 aliphatic rings. The van der Waals surface area contributed by atoms with Gasteiger partial charge in [-0.3, -0.25) is 0 Å². The van der Waals surface area contributed by atoms with Gasteiger partial charge in [0, 0.05) is 32.4 Å². The Kier molecular flexibility index (Phi) is 3.26. The molecule has 2 aromatic rings. The third kappa shape index (κ3) is 2.64. The molecule has 2 aromatic carbocycles. The van der Waals surface area contributed by atoms with Crippen LogP contribution in [0.4, 0.5) is 5.69 Å². The van der Waals surface area contributed by atoms with E-state index in [1.54, 1.807) is 0 Å². The van der Waals surface area contributed by atoms with E-state index in [2.05, 4.69) is 66.7 Å². The van der Waals surface area contributed by atoms with Crippen molar-refractivity contribution in [2.75, 3.05) is 11.9 Å². The Morgan fingerprint density at radius 2 is 1.89 bits per heavy atom. The Balaban J connectivity index is 1.77. The van der Waals surface area contributed by atoms with Crippen molar-refractivity contribution in [2.45, 2.75) is 26.6 Å². The first-order valence-corrected chi connectivity index (χ1v) is 6.81. The molecular formula is C17H20N2. The Labute approximate surface area is 115 Å². The number of nitrogens with one attached hydrogen (secondary N) is 1. The van der Waals surface area contributed by atoms with Crippen LogP contribution in [0.3, 0.4) is 0 Å². The average Bonchev–Trinajstić information content (AvgIpc) is 2.86. The molecule has 0 saturated heterocycles. The number of benzene rings is 2. The Morgan fingerprint density at radius 1 is 1.05 bits per heavy atom. The summed E-state index contributed by atoms with van der Waals surface area (Å²) in [6, 6.07) is 15.5. The molecule has 0 spiro atoms. The third-order valence-corrected chi connectivity index (χ3v) is 3.76. The number of fused-ring (bicyclic) bond motifs is 1. The zero-order valence-electron chi connectivity index (χ0n) is 11.6. The highest BCUT2D eigenvalue weighted by Crippen LogP contribution is 2.20. The fourth-order valence-electron chi connectivity index (χ4n) is 2.68. The van der Waals surface area contributed by atoms with E-state index in [0.29, 0.717) is 0 Å². The predicted molar refractivity (Wildman–Crippen MR) is 80.3 cm³/mol. The standard InChI is InChI=1S/C17H20N2/c1-13-4-3-5-17(8-13)19(2)12-14-6-7-15-10-18-11-16(15)9-14/h3-9,18H,10-12H2,1-2H3. The highest BCUT2D eigenvalue weighted by atomic mass is 15.1. The number of hydrogen-bond acceptors (Lipinski definition) is 2. The average molecular weight is 252 g/mol. The van der Waals surface area contributed by atoms with E-state index < -0.39 is 0 Å². The minimum atomic E-state index is 0.955. The highest BCUT2D eigenvalue weighted by molar-refractivity contribution is 5.48. The molecule has 0 bridgehead atoms. The predicted octanol–water partition coefficient (Wildman–Crippen LogP) is 3.23. The maximum atomic E-state index is 3.39. The van der Waals surface area contributed by atoms with Crippen LogP contribution in [-0.4, -0.2) is 7.05 Å². The lowest BCUT2D eigenvalue weighted by atomic mass is 10.1. The zero-order chi connectivity index (χ0) is 13.2. The van der Waals surface area contributed by atoms with Crippen molar-refractivity contribution in [3.05, 3.63) is 64.7 Å². The van der Waals surface area contributed by atoms with Crippen molar-refractivity contribution >= 4 is 5.69 Å². The smallest absolute Gasteiger partial charge is 0.0426 e. The largest absolute Gasteiger partial charge is 0.370 e. The van der Waals surface area contributed by atoms with Gasteiger partial charge in [0.1, 0.15) is 0 Å². The number of aryl methyl sites for hydroxylation is 1. The van der Waals surface area contributed by atoms with Crippen LogP contribution in [0.15, 0.2) is 42.5 Å². The molecule has 3 rings (SSSR count). The molecule has 0 aliphatic carbocycles. The minimum Gasteiger partial charge on any atom is -0.370 e. The maximum absolute atomic E-state index is 3.39. The quantitative estimate of drug-likeness (QED) is 0.902. The van der Waals surface area contributed by atoms with Crippen LogP contribution in [0.2, 0.25) is 0 Å². The molecule has 1 aliphatic heterocycles. The second-order valence-electron chi connectivity index (χ2n) is 5.40. The summed E-state index contributed by atoms with van der Waals surface area (Å²) >= 11 is 0. The van der Waals surface area contributed by atoms with Crippen molar-refractivity contribution in [2.24, 2.45) is 0 Å². The van der Waals surface area contributed by atoms with Crippen LogP contribution in [0, 0.1) is 6.92 Å². The van der Waals surface area contributed by atoms with Crippen LogP contribution < -0.4 is 10.2 Å². The molecule has 2 heteroatoms. The van der Waals surface area contributed by atoms with Crippen LogP contribution in [-0.2, 0) is 19.6 Å². The second-order valence-corrected chi connectivity index (χ2v) is 5.40. The Hall–Kier alpha value is -1.80. The van der Waals surface area contributed by atoms with Crippen LogP contribution in [0.1, 0.15) is 22.3 Å². The number of anilines is 1. The highest BCUT2D eigenvalue weighted by Gasteiger charge is 2.11. The first-order valence-electron chi connectivity index (χ1n) is 6.81. The zero-order valence-corrected chi connectivity index (χ0v) is 11.6. The molecule has 98 valence electrons. The normalized spacial score (nSPS) is 13.4. The summed E-state index contributed by atoms with van der Waals surface area (Å²) in [5.74, 6) is 0. The SMILES string of the molecule is Cc1cccc(N(C)Cc2ccc3c(c2)CNC3)c1. The van der Waals surface area contributed by atoms with Gasteiger partial charge in [-0.25, -0.2) is 0 Å². The number of nitrogens with zero attached hydrogens (tertiary/aromatic N) is 1. The minimum absolute atomic E-state index is 0.955. The molecule has 1 heterocycles. The van der Waals surface area contributed by atoms with E-state index >= 15 is 0 Å². The summed E-state index contributed by atoms with van der Waals surface area (Å²) in [5, 5.41) is 3.39. The summed E-state index contributed by atoms with van der Waals surface area (Å²) in [4.78, 5) is 2.30. The molecule has 1 N–H and O–H groups in total. The van der Waals surface area contributed by atoms with Crippen LogP contribution >= 0.6 is 0 Å². The molecule has 2 nitrogen and oxygen atoms in total. The van der Waals surface area contributed by atoms with Gasteiger partial charge in [-0.2, -0.15) is 0 Å². The summed E-state index contributed by atoms with van der Waals surface area (Å²) in [6.07, 6.45) is 0. The van der Waals surface area contributed by atoms with Crippen molar-refractivity contribution in [1.82, 2.24) is 5.32 Å². The molecule has 19 heavy (non-hydrogen) atoms. The van der Waals surface area contributed by atoms with Crippen molar-refractivity contribution in [1.29, 1.82) is 0 Å². The Bertz CT molecular complexity index is 590. The van der Waals surface area contributed by atoms with Gasteiger partial charge in [0.25, 0.3) is 0 Å². The van der Waals surface area contributed by atoms with E-state index in [0.717, 1.165) is 19.6 Å². The molecule has 0 aromatic heterocycles. The second kappa shape index (κ2) is 5.06. The molecule has 0 saturated carbocycles. The van der Waals surface area contributed by atoms with Crippen LogP contribution in [0.5, 0.6) is 0 Å². The van der Waals surface area contributed by atoms with E-state index in [9.17, 15) is 0 Å². The van der Waals surface area contributed by atoms with Crippen LogP contribution in [0.25, 0.3) is 0 Å². The molecule has 0 radical (unpaired) electrons. The van der Waals surface area contributed by atoms with Crippen molar-refractivity contribution in [3.63, 3.8) is 0 Å². The van der Waals surface area contributed by atoms with Gasteiger partial charge in [0.15, 0.2) is 0 Å². The topological polar surface area (TPSA) is 15.3 Å². The molecular weight excluding hydrogens is 232 g/mol. The molecule has 0 atom stereocenters. The molecule has 0 fully saturated rings. The monoisotopic (exact) mass is 252 g/mol. The number of hydrogen-bond donors (Lipinski definition) is 1. The van der Waals surface area contributed by atoms with Gasteiger partial charge in [-0.15, -0.1) is 0 Å². The fraction of sp³-hybridized carbons (Fsp3) is 0.294. The fourth-order valence-corrected chi connectivity index (χ4v) is 2.68. The van der Waals surface area contributed by atoms with E-state index in [-0.39, 0.29) is 0 Å². The lowest BCUT2D eigenvalue weighted by Crippen LogP contribution is -2.16. The molecule has 0 amide bonds. The summed E-state index contributed by atoms with van der Waals surface area (Å²) in [7, 11) is 2.15. The first kappa shape index (κ1) is 12.2. The Morgan fingerprint density at radius 3 is 2.74 bits per heavy atom. The number of rotatable bonds is 3. The lowest BCUT2D eigenvalue weighted by Gasteiger charge is -2.20. The summed E-state index contributed by atoms with van der Waals surface area (Å²) in [5.41, 5.74) is 6.87. The van der Waals surface area contributed by atoms with E-state index in [4.69, 9.17) is 0 Å². The van der Waals surface area contributed by atoms with Gasteiger partial charge in [0.2, 0.25) is 0 Å². The van der Waals surface area contributed by atoms with E-state index in [1.807, 2.05) is 0 Å². The van der Waals surface area contributed by atoms with Gasteiger partial charge in [0.05, 0.1) is 0 Å².